The van der Waals surface area contributed by atoms with Gasteiger partial charge in [-0.3, -0.25) is 4.79 Å². The van der Waals surface area contributed by atoms with E-state index in [1.54, 1.807) is 0 Å². The summed E-state index contributed by atoms with van der Waals surface area (Å²) in [5.41, 5.74) is 6.03. The van der Waals surface area contributed by atoms with Gasteiger partial charge in [-0.1, -0.05) is 72.2 Å². The summed E-state index contributed by atoms with van der Waals surface area (Å²) in [6.45, 7) is 4.30. The highest BCUT2D eigenvalue weighted by Crippen LogP contribution is 2.51. The summed E-state index contributed by atoms with van der Waals surface area (Å²) in [5.74, 6) is 0.0923. The SMILES string of the molecule is CC1(C)CC(=O)C2=C(C1)Nc1ccc3ccccc3c1C2c1ccc(CO)c(Br)c1. The molecule has 5 rings (SSSR count). The van der Waals surface area contributed by atoms with Gasteiger partial charge in [-0.15, -0.1) is 0 Å². The second-order valence-electron chi connectivity index (χ2n) is 9.15. The standard InChI is InChI=1S/C26H24BrNO2/c1-26(2)12-21-25(22(30)13-26)23(16-7-8-17(14-29)19(27)11-16)24-18-6-4-3-5-15(18)9-10-20(24)28-21/h3-11,23,28-29H,12-14H2,1-2H3. The maximum Gasteiger partial charge on any atom is 0.162 e. The van der Waals surface area contributed by atoms with E-state index in [2.05, 4.69) is 77.6 Å². The summed E-state index contributed by atoms with van der Waals surface area (Å²) < 4.78 is 0.869. The van der Waals surface area contributed by atoms with E-state index in [9.17, 15) is 9.90 Å². The van der Waals surface area contributed by atoms with Crippen molar-refractivity contribution in [1.82, 2.24) is 0 Å². The summed E-state index contributed by atoms with van der Waals surface area (Å²) in [7, 11) is 0. The molecule has 1 atom stereocenters. The number of hydrogen-bond donors (Lipinski definition) is 2. The number of aliphatic hydroxyl groups excluding tert-OH is 1. The van der Waals surface area contributed by atoms with E-state index in [4.69, 9.17) is 0 Å². The van der Waals surface area contributed by atoms with Crippen molar-refractivity contribution in [2.24, 2.45) is 5.41 Å². The van der Waals surface area contributed by atoms with E-state index in [1.807, 2.05) is 12.1 Å². The van der Waals surface area contributed by atoms with Crippen molar-refractivity contribution in [3.05, 3.63) is 87.0 Å². The average molecular weight is 462 g/mol. The molecule has 0 radical (unpaired) electrons. The molecule has 3 nitrogen and oxygen atoms in total. The van der Waals surface area contributed by atoms with Crippen molar-refractivity contribution in [2.45, 2.75) is 39.2 Å². The predicted octanol–water partition coefficient (Wildman–Crippen LogP) is 6.30. The fourth-order valence-corrected chi connectivity index (χ4v) is 5.53. The third-order valence-corrected chi connectivity index (χ3v) is 7.07. The lowest BCUT2D eigenvalue weighted by molar-refractivity contribution is -0.118. The lowest BCUT2D eigenvalue weighted by Gasteiger charge is -2.40. The molecule has 4 heteroatoms. The van der Waals surface area contributed by atoms with Gasteiger partial charge in [0.2, 0.25) is 0 Å². The first-order valence-electron chi connectivity index (χ1n) is 10.3. The Morgan fingerprint density at radius 2 is 1.90 bits per heavy atom. The topological polar surface area (TPSA) is 49.3 Å². The van der Waals surface area contributed by atoms with Gasteiger partial charge in [-0.25, -0.2) is 0 Å². The highest BCUT2D eigenvalue weighted by Gasteiger charge is 2.41. The highest BCUT2D eigenvalue weighted by molar-refractivity contribution is 9.10. The summed E-state index contributed by atoms with van der Waals surface area (Å²) in [4.78, 5) is 13.4. The van der Waals surface area contributed by atoms with Crippen LogP contribution in [0.1, 0.15) is 49.3 Å². The van der Waals surface area contributed by atoms with Crippen LogP contribution in [0.5, 0.6) is 0 Å². The number of allylic oxidation sites excluding steroid dienone is 2. The van der Waals surface area contributed by atoms with Gasteiger partial charge in [0.05, 0.1) is 6.61 Å². The molecule has 0 fully saturated rings. The Morgan fingerprint density at radius 3 is 2.67 bits per heavy atom. The van der Waals surface area contributed by atoms with Gasteiger partial charge < -0.3 is 10.4 Å². The fraction of sp³-hybridized carbons (Fsp3) is 0.269. The molecule has 1 unspecified atom stereocenters. The minimum atomic E-state index is -0.130. The first-order chi connectivity index (χ1) is 14.4. The largest absolute Gasteiger partial charge is 0.392 e. The molecule has 1 heterocycles. The van der Waals surface area contributed by atoms with Gasteiger partial charge in [-0.05, 0) is 51.4 Å². The third-order valence-electron chi connectivity index (χ3n) is 6.33. The van der Waals surface area contributed by atoms with E-state index >= 15 is 0 Å². The molecule has 152 valence electrons. The smallest absolute Gasteiger partial charge is 0.162 e. The van der Waals surface area contributed by atoms with Gasteiger partial charge in [0.25, 0.3) is 0 Å². The summed E-state index contributed by atoms with van der Waals surface area (Å²) in [6.07, 6.45) is 1.41. The number of nitrogens with one attached hydrogen (secondary N) is 1. The number of hydrogen-bond acceptors (Lipinski definition) is 3. The minimum absolute atomic E-state index is 0.0202. The van der Waals surface area contributed by atoms with Crippen LogP contribution in [-0.4, -0.2) is 10.9 Å². The maximum atomic E-state index is 13.4. The molecule has 2 N–H and O–H groups in total. The van der Waals surface area contributed by atoms with Crippen molar-refractivity contribution in [3.8, 4) is 0 Å². The zero-order valence-electron chi connectivity index (χ0n) is 17.1. The second-order valence-corrected chi connectivity index (χ2v) is 10.0. The van der Waals surface area contributed by atoms with Crippen molar-refractivity contribution in [1.29, 1.82) is 0 Å². The van der Waals surface area contributed by atoms with E-state index < -0.39 is 0 Å². The van der Waals surface area contributed by atoms with Crippen molar-refractivity contribution in [3.63, 3.8) is 0 Å². The zero-order chi connectivity index (χ0) is 21.0. The van der Waals surface area contributed by atoms with Gasteiger partial charge >= 0.3 is 0 Å². The quantitative estimate of drug-likeness (QED) is 0.470. The molecular weight excluding hydrogens is 438 g/mol. The van der Waals surface area contributed by atoms with Crippen molar-refractivity contribution < 1.29 is 9.90 Å². The molecular formula is C26H24BrNO2. The van der Waals surface area contributed by atoms with Crippen LogP contribution in [0, 0.1) is 5.41 Å². The number of rotatable bonds is 2. The number of carbonyl (C=O) groups is 1. The predicted molar refractivity (Wildman–Crippen MR) is 125 cm³/mol. The number of benzene rings is 3. The number of fused-ring (bicyclic) bond motifs is 3. The van der Waals surface area contributed by atoms with Gasteiger partial charge in [0, 0.05) is 33.8 Å². The monoisotopic (exact) mass is 461 g/mol. The maximum absolute atomic E-state index is 13.4. The van der Waals surface area contributed by atoms with Gasteiger partial charge in [0.1, 0.15) is 0 Å². The lowest BCUT2D eigenvalue weighted by atomic mass is 9.68. The van der Waals surface area contributed by atoms with Crippen LogP contribution in [0.2, 0.25) is 0 Å². The highest BCUT2D eigenvalue weighted by atomic mass is 79.9. The Morgan fingerprint density at radius 1 is 1.10 bits per heavy atom. The van der Waals surface area contributed by atoms with E-state index in [1.165, 1.54) is 10.8 Å². The number of anilines is 1. The molecule has 0 bridgehead atoms. The second kappa shape index (κ2) is 7.07. The summed E-state index contributed by atoms with van der Waals surface area (Å²) in [5, 5.41) is 15.6. The van der Waals surface area contributed by atoms with Gasteiger partial charge in [-0.2, -0.15) is 0 Å². The Labute approximate surface area is 184 Å². The lowest BCUT2D eigenvalue weighted by Crippen LogP contribution is -2.33. The summed E-state index contributed by atoms with van der Waals surface area (Å²) in [6, 6.07) is 18.7. The van der Waals surface area contributed by atoms with Crippen LogP contribution in [-0.2, 0) is 11.4 Å². The zero-order valence-corrected chi connectivity index (χ0v) is 18.7. The fourth-order valence-electron chi connectivity index (χ4n) is 5.01. The Balaban J connectivity index is 1.80. The van der Waals surface area contributed by atoms with Crippen LogP contribution < -0.4 is 5.32 Å². The van der Waals surface area contributed by atoms with Gasteiger partial charge in [0.15, 0.2) is 5.78 Å². The van der Waals surface area contributed by atoms with E-state index in [0.29, 0.717) is 6.42 Å². The average Bonchev–Trinajstić information content (AvgIpc) is 2.71. The normalized spacial score (nSPS) is 20.0. The van der Waals surface area contributed by atoms with Crippen molar-refractivity contribution in [2.75, 3.05) is 5.32 Å². The Kier molecular flexibility index (Phi) is 4.60. The van der Waals surface area contributed by atoms with Crippen LogP contribution in [0.4, 0.5) is 5.69 Å². The van der Waals surface area contributed by atoms with Crippen LogP contribution in [0.15, 0.2) is 70.3 Å². The molecule has 0 aromatic heterocycles. The summed E-state index contributed by atoms with van der Waals surface area (Å²) >= 11 is 3.61. The molecule has 1 aliphatic heterocycles. The molecule has 30 heavy (non-hydrogen) atoms. The molecule has 3 aromatic carbocycles. The molecule has 0 saturated carbocycles. The first kappa shape index (κ1) is 19.5. The Hall–Kier alpha value is -2.43. The van der Waals surface area contributed by atoms with Crippen LogP contribution >= 0.6 is 15.9 Å². The first-order valence-corrected chi connectivity index (χ1v) is 11.1. The minimum Gasteiger partial charge on any atom is -0.392 e. The number of aliphatic hydroxyl groups is 1. The Bertz CT molecular complexity index is 1220. The molecule has 0 amide bonds. The molecule has 3 aromatic rings. The molecule has 0 saturated heterocycles. The number of Topliss-reactive ketones (excluding diaryl/α,β-unsaturated/α-hetero) is 1. The molecule has 0 spiro atoms. The molecule has 2 aliphatic rings. The third kappa shape index (κ3) is 3.10. The van der Waals surface area contributed by atoms with Crippen molar-refractivity contribution >= 4 is 38.2 Å². The number of halogens is 1. The van der Waals surface area contributed by atoms with Crippen LogP contribution in [0.25, 0.3) is 10.8 Å². The van der Waals surface area contributed by atoms with E-state index in [0.717, 1.165) is 44.5 Å². The van der Waals surface area contributed by atoms with E-state index in [-0.39, 0.29) is 23.7 Å². The number of carbonyl (C=O) groups excluding carboxylic acids is 1. The number of ketones is 1. The van der Waals surface area contributed by atoms with Crippen LogP contribution in [0.3, 0.4) is 0 Å². The molecule has 1 aliphatic carbocycles.